The van der Waals surface area contributed by atoms with Crippen LogP contribution >= 0.6 is 11.6 Å². The van der Waals surface area contributed by atoms with E-state index in [4.69, 9.17) is 11.6 Å². The van der Waals surface area contributed by atoms with Crippen molar-refractivity contribution in [1.29, 1.82) is 0 Å². The van der Waals surface area contributed by atoms with Crippen molar-refractivity contribution in [2.75, 3.05) is 18.4 Å². The van der Waals surface area contributed by atoms with Gasteiger partial charge in [-0.05, 0) is 24.1 Å². The molecular formula is C18H20ClN3O. The van der Waals surface area contributed by atoms with Crippen LogP contribution in [0.4, 0.5) is 10.5 Å². The number of rotatable bonds is 4. The molecule has 1 fully saturated rings. The Bertz CT molecular complexity index is 662. The number of nitrogens with zero attached hydrogens (tertiary/aromatic N) is 1. The van der Waals surface area contributed by atoms with Crippen molar-refractivity contribution in [3.63, 3.8) is 0 Å². The first-order valence-corrected chi connectivity index (χ1v) is 8.17. The first-order chi connectivity index (χ1) is 11.2. The zero-order valence-corrected chi connectivity index (χ0v) is 13.6. The second kappa shape index (κ2) is 7.49. The molecule has 2 aromatic carbocycles. The summed E-state index contributed by atoms with van der Waals surface area (Å²) >= 11 is 6.05. The van der Waals surface area contributed by atoms with Gasteiger partial charge in [0.1, 0.15) is 0 Å². The SMILES string of the molecule is O=C(Nc1ccccc1Cl)N[C@@H]1CCN(Cc2ccccc2)C1. The zero-order valence-electron chi connectivity index (χ0n) is 12.8. The number of para-hydroxylation sites is 1. The summed E-state index contributed by atoms with van der Waals surface area (Å²) in [4.78, 5) is 14.4. The smallest absolute Gasteiger partial charge is 0.319 e. The summed E-state index contributed by atoms with van der Waals surface area (Å²) in [6.45, 7) is 2.78. The van der Waals surface area contributed by atoms with Gasteiger partial charge in [0.15, 0.2) is 0 Å². The summed E-state index contributed by atoms with van der Waals surface area (Å²) in [5, 5.41) is 6.36. The molecule has 1 aliphatic heterocycles. The topological polar surface area (TPSA) is 44.4 Å². The molecule has 0 aliphatic carbocycles. The molecule has 0 saturated carbocycles. The molecule has 120 valence electrons. The lowest BCUT2D eigenvalue weighted by molar-refractivity contribution is 0.247. The third-order valence-electron chi connectivity index (χ3n) is 3.98. The molecule has 4 nitrogen and oxygen atoms in total. The van der Waals surface area contributed by atoms with E-state index in [9.17, 15) is 4.79 Å². The average molecular weight is 330 g/mol. The highest BCUT2D eigenvalue weighted by atomic mass is 35.5. The van der Waals surface area contributed by atoms with E-state index in [0.717, 1.165) is 26.1 Å². The Kier molecular flexibility index (Phi) is 5.16. The van der Waals surface area contributed by atoms with E-state index in [1.165, 1.54) is 5.56 Å². The fraction of sp³-hybridized carbons (Fsp3) is 0.278. The summed E-state index contributed by atoms with van der Waals surface area (Å²) in [5.74, 6) is 0. The molecule has 0 aromatic heterocycles. The molecule has 1 heterocycles. The summed E-state index contributed by atoms with van der Waals surface area (Å²) in [6, 6.07) is 17.6. The van der Waals surface area contributed by atoms with E-state index >= 15 is 0 Å². The normalized spacial score (nSPS) is 17.9. The van der Waals surface area contributed by atoms with Gasteiger partial charge in [0.25, 0.3) is 0 Å². The molecule has 1 atom stereocenters. The molecular weight excluding hydrogens is 310 g/mol. The van der Waals surface area contributed by atoms with E-state index in [1.54, 1.807) is 12.1 Å². The van der Waals surface area contributed by atoms with Crippen LogP contribution in [0.5, 0.6) is 0 Å². The average Bonchev–Trinajstić information content (AvgIpc) is 2.97. The lowest BCUT2D eigenvalue weighted by atomic mass is 10.2. The van der Waals surface area contributed by atoms with Crippen molar-refractivity contribution in [3.8, 4) is 0 Å². The third-order valence-corrected chi connectivity index (χ3v) is 4.31. The second-order valence-electron chi connectivity index (χ2n) is 5.78. The lowest BCUT2D eigenvalue weighted by Crippen LogP contribution is -2.39. The molecule has 2 aromatic rings. The predicted molar refractivity (Wildman–Crippen MR) is 93.7 cm³/mol. The molecule has 3 rings (SSSR count). The number of nitrogens with one attached hydrogen (secondary N) is 2. The van der Waals surface area contributed by atoms with Gasteiger partial charge in [0.2, 0.25) is 0 Å². The van der Waals surface area contributed by atoms with Crippen LogP contribution in [-0.4, -0.2) is 30.1 Å². The van der Waals surface area contributed by atoms with Crippen LogP contribution in [0.3, 0.4) is 0 Å². The maximum atomic E-state index is 12.1. The van der Waals surface area contributed by atoms with Crippen molar-refractivity contribution in [1.82, 2.24) is 10.2 Å². The van der Waals surface area contributed by atoms with Gasteiger partial charge in [0.05, 0.1) is 10.7 Å². The molecule has 0 bridgehead atoms. The zero-order chi connectivity index (χ0) is 16.1. The predicted octanol–water partition coefficient (Wildman–Crippen LogP) is 3.74. The molecule has 0 spiro atoms. The number of likely N-dealkylation sites (tertiary alicyclic amines) is 1. The van der Waals surface area contributed by atoms with E-state index in [1.807, 2.05) is 18.2 Å². The van der Waals surface area contributed by atoms with Gasteiger partial charge < -0.3 is 10.6 Å². The Morgan fingerprint density at radius 3 is 2.65 bits per heavy atom. The molecule has 1 saturated heterocycles. The van der Waals surface area contributed by atoms with E-state index in [-0.39, 0.29) is 12.1 Å². The molecule has 2 N–H and O–H groups in total. The fourth-order valence-corrected chi connectivity index (χ4v) is 3.03. The van der Waals surface area contributed by atoms with Crippen LogP contribution in [0.1, 0.15) is 12.0 Å². The second-order valence-corrected chi connectivity index (χ2v) is 6.19. The summed E-state index contributed by atoms with van der Waals surface area (Å²) in [7, 11) is 0. The number of hydrogen-bond acceptors (Lipinski definition) is 2. The highest BCUT2D eigenvalue weighted by molar-refractivity contribution is 6.33. The van der Waals surface area contributed by atoms with Gasteiger partial charge in [-0.15, -0.1) is 0 Å². The number of amides is 2. The molecule has 2 amide bonds. The number of urea groups is 1. The standard InChI is InChI=1S/C18H20ClN3O/c19-16-8-4-5-9-17(16)21-18(23)20-15-10-11-22(13-15)12-14-6-2-1-3-7-14/h1-9,15H,10-13H2,(H2,20,21,23)/t15-/m1/s1. The number of hydrogen-bond donors (Lipinski definition) is 2. The minimum atomic E-state index is -0.204. The van der Waals surface area contributed by atoms with Gasteiger partial charge in [-0.1, -0.05) is 54.1 Å². The van der Waals surface area contributed by atoms with Crippen molar-refractivity contribution in [2.24, 2.45) is 0 Å². The quantitative estimate of drug-likeness (QED) is 0.897. The number of benzene rings is 2. The first-order valence-electron chi connectivity index (χ1n) is 7.79. The summed E-state index contributed by atoms with van der Waals surface area (Å²) < 4.78 is 0. The lowest BCUT2D eigenvalue weighted by Gasteiger charge is -2.17. The monoisotopic (exact) mass is 329 g/mol. The van der Waals surface area contributed by atoms with Crippen LogP contribution in [0.25, 0.3) is 0 Å². The number of carbonyl (C=O) groups excluding carboxylic acids is 1. The maximum absolute atomic E-state index is 12.1. The van der Waals surface area contributed by atoms with E-state index < -0.39 is 0 Å². The first kappa shape index (κ1) is 15.8. The molecule has 0 radical (unpaired) electrons. The van der Waals surface area contributed by atoms with E-state index in [0.29, 0.717) is 10.7 Å². The van der Waals surface area contributed by atoms with Gasteiger partial charge in [0, 0.05) is 25.7 Å². The summed E-state index contributed by atoms with van der Waals surface area (Å²) in [6.07, 6.45) is 0.961. The Morgan fingerprint density at radius 1 is 1.13 bits per heavy atom. The Morgan fingerprint density at radius 2 is 1.87 bits per heavy atom. The number of carbonyl (C=O) groups is 1. The van der Waals surface area contributed by atoms with Gasteiger partial charge in [-0.3, -0.25) is 4.90 Å². The van der Waals surface area contributed by atoms with Crippen molar-refractivity contribution in [3.05, 3.63) is 65.2 Å². The van der Waals surface area contributed by atoms with E-state index in [2.05, 4.69) is 39.8 Å². The van der Waals surface area contributed by atoms with Crippen LogP contribution in [-0.2, 0) is 6.54 Å². The highest BCUT2D eigenvalue weighted by Gasteiger charge is 2.23. The Labute approximate surface area is 141 Å². The molecule has 23 heavy (non-hydrogen) atoms. The maximum Gasteiger partial charge on any atom is 0.319 e. The van der Waals surface area contributed by atoms with Crippen molar-refractivity contribution < 1.29 is 4.79 Å². The number of anilines is 1. The van der Waals surface area contributed by atoms with Crippen LogP contribution in [0, 0.1) is 0 Å². The fourth-order valence-electron chi connectivity index (χ4n) is 2.84. The Balaban J connectivity index is 1.48. The minimum Gasteiger partial charge on any atom is -0.334 e. The summed E-state index contributed by atoms with van der Waals surface area (Å²) in [5.41, 5.74) is 1.93. The third kappa shape index (κ3) is 4.47. The number of halogens is 1. The van der Waals surface area contributed by atoms with Crippen LogP contribution < -0.4 is 10.6 Å². The van der Waals surface area contributed by atoms with Crippen molar-refractivity contribution in [2.45, 2.75) is 19.0 Å². The van der Waals surface area contributed by atoms with Gasteiger partial charge >= 0.3 is 6.03 Å². The van der Waals surface area contributed by atoms with Gasteiger partial charge in [-0.2, -0.15) is 0 Å². The van der Waals surface area contributed by atoms with Crippen LogP contribution in [0.15, 0.2) is 54.6 Å². The molecule has 0 unspecified atom stereocenters. The van der Waals surface area contributed by atoms with Crippen LogP contribution in [0.2, 0.25) is 5.02 Å². The Hall–Kier alpha value is -2.04. The van der Waals surface area contributed by atoms with Gasteiger partial charge in [-0.25, -0.2) is 4.79 Å². The molecule has 5 heteroatoms. The molecule has 1 aliphatic rings. The largest absolute Gasteiger partial charge is 0.334 e. The van der Waals surface area contributed by atoms with Crippen molar-refractivity contribution >= 4 is 23.3 Å². The highest BCUT2D eigenvalue weighted by Crippen LogP contribution is 2.20. The minimum absolute atomic E-state index is 0.168.